The summed E-state index contributed by atoms with van der Waals surface area (Å²) < 4.78 is 1.62. The molecule has 106 valence electrons. The van der Waals surface area contributed by atoms with Gasteiger partial charge in [0.2, 0.25) is 0 Å². The van der Waals surface area contributed by atoms with Crippen molar-refractivity contribution in [1.82, 2.24) is 15.1 Å². The standard InChI is InChI=1S/C16H15N3OS/c1-19-14(10-13(18-19)15-8-5-9-21-15)16(20)17-11-12-6-3-2-4-7-12/h2-10H,11H2,1H3,(H,17,20). The first-order valence-corrected chi connectivity index (χ1v) is 7.52. The lowest BCUT2D eigenvalue weighted by molar-refractivity contribution is 0.0941. The minimum absolute atomic E-state index is 0.114. The van der Waals surface area contributed by atoms with Crippen molar-refractivity contribution < 1.29 is 4.79 Å². The van der Waals surface area contributed by atoms with Crippen LogP contribution in [0.3, 0.4) is 0 Å². The van der Waals surface area contributed by atoms with Gasteiger partial charge in [0.15, 0.2) is 0 Å². The van der Waals surface area contributed by atoms with Crippen LogP contribution < -0.4 is 5.32 Å². The second-order valence-corrected chi connectivity index (χ2v) is 5.63. The van der Waals surface area contributed by atoms with Crippen molar-refractivity contribution in [2.45, 2.75) is 6.54 Å². The minimum atomic E-state index is -0.114. The van der Waals surface area contributed by atoms with E-state index in [0.717, 1.165) is 16.1 Å². The minimum Gasteiger partial charge on any atom is -0.347 e. The largest absolute Gasteiger partial charge is 0.347 e. The lowest BCUT2D eigenvalue weighted by atomic mass is 10.2. The smallest absolute Gasteiger partial charge is 0.269 e. The van der Waals surface area contributed by atoms with E-state index in [9.17, 15) is 4.79 Å². The van der Waals surface area contributed by atoms with Crippen molar-refractivity contribution in [3.05, 3.63) is 65.2 Å². The molecule has 0 aliphatic carbocycles. The van der Waals surface area contributed by atoms with E-state index in [1.807, 2.05) is 53.9 Å². The van der Waals surface area contributed by atoms with E-state index in [1.165, 1.54) is 0 Å². The molecule has 0 unspecified atom stereocenters. The molecule has 0 radical (unpaired) electrons. The van der Waals surface area contributed by atoms with Crippen molar-refractivity contribution in [3.63, 3.8) is 0 Å². The first kappa shape index (κ1) is 13.6. The molecule has 2 aromatic heterocycles. The van der Waals surface area contributed by atoms with Crippen molar-refractivity contribution in [1.29, 1.82) is 0 Å². The first-order valence-electron chi connectivity index (χ1n) is 6.64. The van der Waals surface area contributed by atoms with Crippen LogP contribution in [0.4, 0.5) is 0 Å². The molecule has 2 heterocycles. The van der Waals surface area contributed by atoms with Gasteiger partial charge in [-0.1, -0.05) is 36.4 Å². The Balaban J connectivity index is 1.73. The summed E-state index contributed by atoms with van der Waals surface area (Å²) >= 11 is 1.61. The zero-order valence-electron chi connectivity index (χ0n) is 11.6. The summed E-state index contributed by atoms with van der Waals surface area (Å²) in [7, 11) is 1.79. The molecule has 0 spiro atoms. The number of aryl methyl sites for hydroxylation is 1. The molecule has 1 amide bonds. The maximum atomic E-state index is 12.3. The number of rotatable bonds is 4. The van der Waals surface area contributed by atoms with Crippen LogP contribution in [0.25, 0.3) is 10.6 Å². The first-order chi connectivity index (χ1) is 10.2. The van der Waals surface area contributed by atoms with E-state index in [4.69, 9.17) is 0 Å². The molecule has 0 saturated carbocycles. The maximum absolute atomic E-state index is 12.3. The number of nitrogens with one attached hydrogen (secondary N) is 1. The number of hydrogen-bond acceptors (Lipinski definition) is 3. The van der Waals surface area contributed by atoms with Crippen LogP contribution in [0, 0.1) is 0 Å². The summed E-state index contributed by atoms with van der Waals surface area (Å²) in [6.45, 7) is 0.513. The van der Waals surface area contributed by atoms with Gasteiger partial charge in [0, 0.05) is 13.6 Å². The topological polar surface area (TPSA) is 46.9 Å². The molecule has 1 aromatic carbocycles. The highest BCUT2D eigenvalue weighted by molar-refractivity contribution is 7.13. The molecular formula is C16H15N3OS. The Kier molecular flexibility index (Phi) is 3.83. The predicted molar refractivity (Wildman–Crippen MR) is 84.1 cm³/mol. The summed E-state index contributed by atoms with van der Waals surface area (Å²) in [6, 6.07) is 15.6. The van der Waals surface area contributed by atoms with Gasteiger partial charge in [-0.05, 0) is 23.1 Å². The lowest BCUT2D eigenvalue weighted by Crippen LogP contribution is -2.25. The highest BCUT2D eigenvalue weighted by Gasteiger charge is 2.14. The fourth-order valence-electron chi connectivity index (χ4n) is 2.09. The van der Waals surface area contributed by atoms with Gasteiger partial charge in [0.1, 0.15) is 11.4 Å². The Morgan fingerprint density at radius 1 is 1.24 bits per heavy atom. The molecule has 0 aliphatic rings. The summed E-state index contributed by atoms with van der Waals surface area (Å²) in [6.07, 6.45) is 0. The molecule has 0 saturated heterocycles. The second kappa shape index (κ2) is 5.93. The average Bonchev–Trinajstić information content (AvgIpc) is 3.15. The fraction of sp³-hybridized carbons (Fsp3) is 0.125. The van der Waals surface area contributed by atoms with Gasteiger partial charge in [0.05, 0.1) is 4.88 Å². The van der Waals surface area contributed by atoms with Gasteiger partial charge in [-0.25, -0.2) is 0 Å². The van der Waals surface area contributed by atoms with Crippen LogP contribution in [-0.2, 0) is 13.6 Å². The number of aromatic nitrogens is 2. The predicted octanol–water partition coefficient (Wildman–Crippen LogP) is 3.08. The Labute approximate surface area is 127 Å². The maximum Gasteiger partial charge on any atom is 0.269 e. The van der Waals surface area contributed by atoms with Crippen LogP contribution >= 0.6 is 11.3 Å². The third-order valence-electron chi connectivity index (χ3n) is 3.18. The van der Waals surface area contributed by atoms with E-state index in [2.05, 4.69) is 10.4 Å². The van der Waals surface area contributed by atoms with Crippen molar-refractivity contribution in [3.8, 4) is 10.6 Å². The highest BCUT2D eigenvalue weighted by atomic mass is 32.1. The van der Waals surface area contributed by atoms with Crippen LogP contribution in [0.15, 0.2) is 53.9 Å². The van der Waals surface area contributed by atoms with E-state index in [1.54, 1.807) is 23.1 Å². The molecular weight excluding hydrogens is 282 g/mol. The van der Waals surface area contributed by atoms with Gasteiger partial charge in [-0.2, -0.15) is 5.10 Å². The normalized spacial score (nSPS) is 10.5. The van der Waals surface area contributed by atoms with Crippen LogP contribution in [-0.4, -0.2) is 15.7 Å². The van der Waals surface area contributed by atoms with Gasteiger partial charge in [-0.3, -0.25) is 9.48 Å². The zero-order chi connectivity index (χ0) is 14.7. The number of amides is 1. The number of nitrogens with zero attached hydrogens (tertiary/aromatic N) is 2. The van der Waals surface area contributed by atoms with E-state index in [0.29, 0.717) is 12.2 Å². The van der Waals surface area contributed by atoms with Gasteiger partial charge >= 0.3 is 0 Å². The molecule has 0 aliphatic heterocycles. The number of carbonyl (C=O) groups excluding carboxylic acids is 1. The molecule has 0 atom stereocenters. The molecule has 1 N–H and O–H groups in total. The molecule has 5 heteroatoms. The van der Waals surface area contributed by atoms with E-state index >= 15 is 0 Å². The summed E-state index contributed by atoms with van der Waals surface area (Å²) in [5, 5.41) is 9.31. The Bertz CT molecular complexity index is 732. The van der Waals surface area contributed by atoms with Gasteiger partial charge < -0.3 is 5.32 Å². The van der Waals surface area contributed by atoms with Crippen molar-refractivity contribution in [2.75, 3.05) is 0 Å². The third kappa shape index (κ3) is 3.03. The Morgan fingerprint density at radius 2 is 2.05 bits per heavy atom. The molecule has 21 heavy (non-hydrogen) atoms. The fourth-order valence-corrected chi connectivity index (χ4v) is 2.77. The molecule has 0 fully saturated rings. The van der Waals surface area contributed by atoms with Crippen molar-refractivity contribution in [2.24, 2.45) is 7.05 Å². The van der Waals surface area contributed by atoms with E-state index < -0.39 is 0 Å². The SMILES string of the molecule is Cn1nc(-c2cccs2)cc1C(=O)NCc1ccccc1. The lowest BCUT2D eigenvalue weighted by Gasteiger charge is -2.05. The van der Waals surface area contributed by atoms with E-state index in [-0.39, 0.29) is 5.91 Å². The summed E-state index contributed by atoms with van der Waals surface area (Å²) in [5.41, 5.74) is 2.47. The average molecular weight is 297 g/mol. The van der Waals surface area contributed by atoms with Gasteiger partial charge in [-0.15, -0.1) is 11.3 Å². The Hall–Kier alpha value is -2.40. The van der Waals surface area contributed by atoms with Crippen LogP contribution in [0.1, 0.15) is 16.1 Å². The monoisotopic (exact) mass is 297 g/mol. The third-order valence-corrected chi connectivity index (χ3v) is 4.07. The summed E-state index contributed by atoms with van der Waals surface area (Å²) in [4.78, 5) is 13.3. The highest BCUT2D eigenvalue weighted by Crippen LogP contribution is 2.23. The number of carbonyl (C=O) groups is 1. The molecule has 3 rings (SSSR count). The number of benzene rings is 1. The van der Waals surface area contributed by atoms with Crippen LogP contribution in [0.2, 0.25) is 0 Å². The molecule has 3 aromatic rings. The molecule has 4 nitrogen and oxygen atoms in total. The zero-order valence-corrected chi connectivity index (χ0v) is 12.4. The molecule has 0 bridgehead atoms. The Morgan fingerprint density at radius 3 is 2.76 bits per heavy atom. The van der Waals surface area contributed by atoms with Gasteiger partial charge in [0.25, 0.3) is 5.91 Å². The van der Waals surface area contributed by atoms with Crippen molar-refractivity contribution >= 4 is 17.2 Å². The quantitative estimate of drug-likeness (QED) is 0.804. The second-order valence-electron chi connectivity index (χ2n) is 4.68. The summed E-state index contributed by atoms with van der Waals surface area (Å²) in [5.74, 6) is -0.114. The number of hydrogen-bond donors (Lipinski definition) is 1. The van der Waals surface area contributed by atoms with Crippen LogP contribution in [0.5, 0.6) is 0 Å². The number of thiophene rings is 1.